The lowest BCUT2D eigenvalue weighted by Crippen LogP contribution is -2.37. The molecule has 1 aromatic carbocycles. The van der Waals surface area contributed by atoms with Crippen LogP contribution in [-0.2, 0) is 22.4 Å². The largest absolute Gasteiger partial charge is 0.484 e. The molecule has 0 saturated carbocycles. The number of benzene rings is 1. The van der Waals surface area contributed by atoms with Crippen molar-refractivity contribution < 1.29 is 19.1 Å². The summed E-state index contributed by atoms with van der Waals surface area (Å²) in [6.07, 6.45) is 3.91. The predicted molar refractivity (Wildman–Crippen MR) is 136 cm³/mol. The van der Waals surface area contributed by atoms with E-state index >= 15 is 0 Å². The number of esters is 1. The lowest BCUT2D eigenvalue weighted by atomic mass is 9.69. The highest BCUT2D eigenvalue weighted by Gasteiger charge is 2.35. The Labute approximate surface area is 205 Å². The number of para-hydroxylation sites is 1. The van der Waals surface area contributed by atoms with Gasteiger partial charge in [-0.05, 0) is 67.4 Å². The molecule has 8 heteroatoms. The first-order chi connectivity index (χ1) is 15.7. The second kappa shape index (κ2) is 11.1. The smallest absolute Gasteiger partial charge is 0.341 e. The first kappa shape index (κ1) is 25.2. The molecular weight excluding hydrogens is 456 g/mol. The summed E-state index contributed by atoms with van der Waals surface area (Å²) in [5.41, 5.74) is 1.83. The molecule has 1 aromatic heterocycles. The maximum atomic E-state index is 12.8. The number of amides is 1. The lowest BCUT2D eigenvalue weighted by molar-refractivity contribution is -0.121. The SMILES string of the molecule is CCOC(=O)c1c(NC(=S)NC(=O)COc2ccccc2)sc2c1CCC(C(C)(C)CC)C2. The van der Waals surface area contributed by atoms with Gasteiger partial charge in [-0.15, -0.1) is 11.3 Å². The molecule has 3 rings (SSSR count). The van der Waals surface area contributed by atoms with Gasteiger partial charge in [0, 0.05) is 4.88 Å². The van der Waals surface area contributed by atoms with E-state index in [2.05, 4.69) is 31.4 Å². The van der Waals surface area contributed by atoms with Crippen LogP contribution in [0.1, 0.15) is 61.3 Å². The number of thiocarbonyl (C=S) groups is 1. The molecule has 1 amide bonds. The van der Waals surface area contributed by atoms with Gasteiger partial charge in [0.2, 0.25) is 0 Å². The van der Waals surface area contributed by atoms with Gasteiger partial charge in [-0.3, -0.25) is 10.1 Å². The van der Waals surface area contributed by atoms with Crippen molar-refractivity contribution in [3.63, 3.8) is 0 Å². The summed E-state index contributed by atoms with van der Waals surface area (Å²) in [6.45, 7) is 8.77. The molecule has 0 aliphatic heterocycles. The van der Waals surface area contributed by atoms with Crippen LogP contribution >= 0.6 is 23.6 Å². The Balaban J connectivity index is 1.71. The maximum Gasteiger partial charge on any atom is 0.341 e. The van der Waals surface area contributed by atoms with Crippen LogP contribution in [0.25, 0.3) is 0 Å². The Kier molecular flexibility index (Phi) is 8.48. The Bertz CT molecular complexity index is 1000. The summed E-state index contributed by atoms with van der Waals surface area (Å²) >= 11 is 6.88. The van der Waals surface area contributed by atoms with Crippen LogP contribution in [0, 0.1) is 11.3 Å². The van der Waals surface area contributed by atoms with Gasteiger partial charge in [-0.1, -0.05) is 45.4 Å². The number of fused-ring (bicyclic) bond motifs is 1. The van der Waals surface area contributed by atoms with Crippen molar-refractivity contribution in [3.8, 4) is 5.75 Å². The van der Waals surface area contributed by atoms with E-state index in [1.165, 1.54) is 16.2 Å². The number of nitrogens with one attached hydrogen (secondary N) is 2. The third-order valence-corrected chi connectivity index (χ3v) is 7.73. The molecule has 0 bridgehead atoms. The quantitative estimate of drug-likeness (QED) is 0.385. The molecule has 0 fully saturated rings. The van der Waals surface area contributed by atoms with Gasteiger partial charge in [-0.25, -0.2) is 4.79 Å². The van der Waals surface area contributed by atoms with E-state index in [4.69, 9.17) is 21.7 Å². The van der Waals surface area contributed by atoms with Gasteiger partial charge >= 0.3 is 5.97 Å². The van der Waals surface area contributed by atoms with Gasteiger partial charge in [0.1, 0.15) is 10.8 Å². The second-order valence-corrected chi connectivity index (χ2v) is 10.3. The zero-order valence-electron chi connectivity index (χ0n) is 19.7. The Morgan fingerprint density at radius 1 is 1.21 bits per heavy atom. The number of carbonyl (C=O) groups excluding carboxylic acids is 2. The minimum Gasteiger partial charge on any atom is -0.484 e. The summed E-state index contributed by atoms with van der Waals surface area (Å²) in [6, 6.07) is 9.10. The predicted octanol–water partition coefficient (Wildman–Crippen LogP) is 5.36. The van der Waals surface area contributed by atoms with Crippen LogP contribution in [0.15, 0.2) is 30.3 Å². The molecule has 6 nitrogen and oxygen atoms in total. The molecule has 1 heterocycles. The van der Waals surface area contributed by atoms with Crippen molar-refractivity contribution in [2.75, 3.05) is 18.5 Å². The molecule has 0 saturated heterocycles. The minimum atomic E-state index is -0.375. The number of thiophene rings is 1. The number of hydrogen-bond donors (Lipinski definition) is 2. The maximum absolute atomic E-state index is 12.8. The first-order valence-electron chi connectivity index (χ1n) is 11.4. The normalized spacial score (nSPS) is 15.3. The summed E-state index contributed by atoms with van der Waals surface area (Å²) in [5.74, 6) is 0.428. The molecule has 0 radical (unpaired) electrons. The van der Waals surface area contributed by atoms with Crippen molar-refractivity contribution >= 4 is 45.5 Å². The molecule has 1 aliphatic rings. The van der Waals surface area contributed by atoms with E-state index in [9.17, 15) is 9.59 Å². The van der Waals surface area contributed by atoms with Gasteiger partial charge in [0.05, 0.1) is 12.2 Å². The molecule has 2 aromatic rings. The topological polar surface area (TPSA) is 76.7 Å². The molecule has 0 spiro atoms. The highest BCUT2D eigenvalue weighted by atomic mass is 32.1. The third kappa shape index (κ3) is 6.32. The molecule has 1 atom stereocenters. The number of ether oxygens (including phenoxy) is 2. The Morgan fingerprint density at radius 3 is 2.61 bits per heavy atom. The standard InChI is InChI=1S/C25H32N2O4S2/c1-5-25(3,4)16-12-13-18-19(14-16)33-22(21(18)23(29)30-6-2)27-24(32)26-20(28)15-31-17-10-8-7-9-11-17/h7-11,16H,5-6,12-15H2,1-4H3,(H2,26,27,28,32). The van der Waals surface area contributed by atoms with Crippen LogP contribution in [0.5, 0.6) is 5.75 Å². The van der Waals surface area contributed by atoms with Crippen LogP contribution in [0.4, 0.5) is 5.00 Å². The van der Waals surface area contributed by atoms with Crippen molar-refractivity contribution in [2.24, 2.45) is 11.3 Å². The average molecular weight is 489 g/mol. The average Bonchev–Trinajstić information content (AvgIpc) is 3.15. The van der Waals surface area contributed by atoms with E-state index < -0.39 is 0 Å². The molecule has 1 aliphatic carbocycles. The number of rotatable bonds is 8. The number of anilines is 1. The van der Waals surface area contributed by atoms with Crippen LogP contribution < -0.4 is 15.4 Å². The lowest BCUT2D eigenvalue weighted by Gasteiger charge is -2.36. The van der Waals surface area contributed by atoms with Crippen LogP contribution in [-0.4, -0.2) is 30.2 Å². The number of hydrogen-bond acceptors (Lipinski definition) is 6. The summed E-state index contributed by atoms with van der Waals surface area (Å²) in [7, 11) is 0. The van der Waals surface area contributed by atoms with E-state index in [1.54, 1.807) is 19.1 Å². The monoisotopic (exact) mass is 488 g/mol. The fourth-order valence-electron chi connectivity index (χ4n) is 4.01. The van der Waals surface area contributed by atoms with Crippen LogP contribution in [0.3, 0.4) is 0 Å². The van der Waals surface area contributed by atoms with Gasteiger partial charge < -0.3 is 14.8 Å². The highest BCUT2D eigenvalue weighted by molar-refractivity contribution is 7.80. The molecular formula is C25H32N2O4S2. The van der Waals surface area contributed by atoms with Crippen molar-refractivity contribution in [1.29, 1.82) is 0 Å². The summed E-state index contributed by atoms with van der Waals surface area (Å²) < 4.78 is 10.8. The third-order valence-electron chi connectivity index (χ3n) is 6.35. The Hall–Kier alpha value is -2.45. The van der Waals surface area contributed by atoms with Crippen molar-refractivity contribution in [3.05, 3.63) is 46.3 Å². The Morgan fingerprint density at radius 2 is 1.94 bits per heavy atom. The summed E-state index contributed by atoms with van der Waals surface area (Å²) in [5, 5.41) is 6.45. The fourth-order valence-corrected chi connectivity index (χ4v) is 5.61. The highest BCUT2D eigenvalue weighted by Crippen LogP contribution is 2.45. The van der Waals surface area contributed by atoms with Crippen molar-refractivity contribution in [2.45, 2.75) is 53.4 Å². The van der Waals surface area contributed by atoms with E-state index in [-0.39, 0.29) is 29.0 Å². The zero-order valence-corrected chi connectivity index (χ0v) is 21.3. The van der Waals surface area contributed by atoms with Crippen molar-refractivity contribution in [1.82, 2.24) is 5.32 Å². The van der Waals surface area contributed by atoms with Crippen LogP contribution in [0.2, 0.25) is 0 Å². The molecule has 2 N–H and O–H groups in total. The fraction of sp³-hybridized carbons (Fsp3) is 0.480. The molecule has 33 heavy (non-hydrogen) atoms. The number of carbonyl (C=O) groups is 2. The van der Waals surface area contributed by atoms with Gasteiger partial charge in [0.25, 0.3) is 5.91 Å². The van der Waals surface area contributed by atoms with Gasteiger partial charge in [-0.2, -0.15) is 0 Å². The summed E-state index contributed by atoms with van der Waals surface area (Å²) in [4.78, 5) is 26.3. The van der Waals surface area contributed by atoms with Gasteiger partial charge in [0.15, 0.2) is 11.7 Å². The van der Waals surface area contributed by atoms with E-state index in [1.807, 2.05) is 18.2 Å². The molecule has 1 unspecified atom stereocenters. The first-order valence-corrected chi connectivity index (χ1v) is 12.6. The minimum absolute atomic E-state index is 0.131. The second-order valence-electron chi connectivity index (χ2n) is 8.81. The molecule has 178 valence electrons. The zero-order chi connectivity index (χ0) is 24.0. The van der Waals surface area contributed by atoms with E-state index in [0.717, 1.165) is 31.2 Å². The van der Waals surface area contributed by atoms with E-state index in [0.29, 0.717) is 28.8 Å².